The second-order valence-corrected chi connectivity index (χ2v) is 4.48. The van der Waals surface area contributed by atoms with Crippen LogP contribution in [0.15, 0.2) is 0 Å². The summed E-state index contributed by atoms with van der Waals surface area (Å²) in [6, 6.07) is 0. The molecule has 86 valence electrons. The van der Waals surface area contributed by atoms with Crippen LogP contribution in [0.3, 0.4) is 0 Å². The van der Waals surface area contributed by atoms with Gasteiger partial charge in [-0.25, -0.2) is 8.78 Å². The summed E-state index contributed by atoms with van der Waals surface area (Å²) in [7, 11) is 0. The number of hydrogen-bond donors (Lipinski definition) is 1. The molecule has 0 aliphatic heterocycles. The molecule has 0 rings (SSSR count). The molecule has 0 saturated heterocycles. The van der Waals surface area contributed by atoms with Gasteiger partial charge in [0.15, 0.2) is 0 Å². The van der Waals surface area contributed by atoms with Crippen molar-refractivity contribution in [3.8, 4) is 11.8 Å². The number of rotatable bonds is 3. The van der Waals surface area contributed by atoms with Gasteiger partial charge in [0.2, 0.25) is 5.91 Å². The highest BCUT2D eigenvalue weighted by Gasteiger charge is 2.39. The fourth-order valence-electron chi connectivity index (χ4n) is 0.888. The van der Waals surface area contributed by atoms with Crippen molar-refractivity contribution >= 4 is 5.91 Å². The molecule has 0 radical (unpaired) electrons. The summed E-state index contributed by atoms with van der Waals surface area (Å²) in [4.78, 5) is 11.5. The van der Waals surface area contributed by atoms with Crippen molar-refractivity contribution in [1.82, 2.24) is 5.32 Å². The topological polar surface area (TPSA) is 29.1 Å². The van der Waals surface area contributed by atoms with E-state index in [2.05, 4.69) is 17.2 Å². The summed E-state index contributed by atoms with van der Waals surface area (Å²) in [5.74, 6) is 4.69. The lowest BCUT2D eigenvalue weighted by molar-refractivity contribution is -0.138. The molecule has 0 saturated carbocycles. The smallest absolute Gasteiger partial charge is 0.252 e. The van der Waals surface area contributed by atoms with Crippen LogP contribution >= 0.6 is 0 Å². The van der Waals surface area contributed by atoms with E-state index in [0.717, 1.165) is 0 Å². The Bertz CT molecular complexity index is 297. The van der Waals surface area contributed by atoms with Crippen LogP contribution in [0.5, 0.6) is 0 Å². The average Bonchev–Trinajstić information content (AvgIpc) is 2.02. The lowest BCUT2D eigenvalue weighted by Crippen LogP contribution is -2.50. The van der Waals surface area contributed by atoms with E-state index < -0.39 is 23.3 Å². The Hall–Kier alpha value is -1.11. The van der Waals surface area contributed by atoms with Gasteiger partial charge in [-0.3, -0.25) is 4.79 Å². The maximum atomic E-state index is 12.5. The zero-order valence-electron chi connectivity index (χ0n) is 9.74. The maximum Gasteiger partial charge on any atom is 0.252 e. The minimum absolute atomic E-state index is 0.690. The van der Waals surface area contributed by atoms with Crippen molar-refractivity contribution < 1.29 is 13.6 Å². The van der Waals surface area contributed by atoms with Gasteiger partial charge in [0.05, 0.1) is 5.54 Å². The van der Waals surface area contributed by atoms with Crippen molar-refractivity contribution in [3.05, 3.63) is 0 Å². The summed E-state index contributed by atoms with van der Waals surface area (Å²) >= 11 is 0. The molecule has 0 spiro atoms. The first-order valence-electron chi connectivity index (χ1n) is 4.68. The molecule has 1 N–H and O–H groups in total. The Morgan fingerprint density at radius 3 is 2.07 bits per heavy atom. The van der Waals surface area contributed by atoms with Crippen LogP contribution in [0.1, 0.15) is 34.6 Å². The largest absolute Gasteiger partial charge is 0.340 e. The van der Waals surface area contributed by atoms with Crippen LogP contribution < -0.4 is 5.32 Å². The quantitative estimate of drug-likeness (QED) is 0.721. The van der Waals surface area contributed by atoms with Crippen LogP contribution in [0.2, 0.25) is 0 Å². The standard InChI is InChI=1S/C11H17F2NO/c1-6-7-10(2,3)14-9(15)11(4,5)8(12)13/h8H,1-5H3,(H,14,15). The highest BCUT2D eigenvalue weighted by molar-refractivity contribution is 5.83. The molecule has 0 heterocycles. The van der Waals surface area contributed by atoms with Crippen molar-refractivity contribution in [2.24, 2.45) is 5.41 Å². The number of halogens is 2. The van der Waals surface area contributed by atoms with E-state index in [1.807, 2.05) is 0 Å². The van der Waals surface area contributed by atoms with E-state index in [1.165, 1.54) is 13.8 Å². The Labute approximate surface area is 89.4 Å². The average molecular weight is 217 g/mol. The van der Waals surface area contributed by atoms with Gasteiger partial charge < -0.3 is 5.32 Å². The van der Waals surface area contributed by atoms with Gasteiger partial charge in [-0.15, -0.1) is 5.92 Å². The molecule has 0 unspecified atom stereocenters. The third kappa shape index (κ3) is 3.86. The lowest BCUT2D eigenvalue weighted by atomic mass is 9.91. The van der Waals surface area contributed by atoms with Crippen molar-refractivity contribution in [3.63, 3.8) is 0 Å². The molecular formula is C11H17F2NO. The van der Waals surface area contributed by atoms with Gasteiger partial charge in [0, 0.05) is 0 Å². The SMILES string of the molecule is CC#CC(C)(C)NC(=O)C(C)(C)C(F)F. The number of nitrogens with one attached hydrogen (secondary N) is 1. The molecule has 0 aliphatic rings. The van der Waals surface area contributed by atoms with E-state index >= 15 is 0 Å². The third-order valence-electron chi connectivity index (χ3n) is 1.99. The Balaban J connectivity index is 4.68. The number of hydrogen-bond acceptors (Lipinski definition) is 1. The van der Waals surface area contributed by atoms with Crippen LogP contribution in [0, 0.1) is 17.3 Å². The van der Waals surface area contributed by atoms with E-state index in [0.29, 0.717) is 0 Å². The van der Waals surface area contributed by atoms with Crippen molar-refractivity contribution in [2.45, 2.75) is 46.6 Å². The Kier molecular flexibility index (Phi) is 4.27. The van der Waals surface area contributed by atoms with E-state index in [4.69, 9.17) is 0 Å². The van der Waals surface area contributed by atoms with E-state index in [1.54, 1.807) is 20.8 Å². The normalized spacial score (nSPS) is 12.0. The van der Waals surface area contributed by atoms with Crippen molar-refractivity contribution in [1.29, 1.82) is 0 Å². The molecule has 0 aromatic rings. The summed E-state index contributed by atoms with van der Waals surface area (Å²) in [5.41, 5.74) is -2.47. The molecule has 0 atom stereocenters. The van der Waals surface area contributed by atoms with Crippen LogP contribution in [-0.4, -0.2) is 17.9 Å². The molecule has 1 amide bonds. The predicted molar refractivity (Wildman–Crippen MR) is 55.5 cm³/mol. The molecule has 0 aliphatic carbocycles. The van der Waals surface area contributed by atoms with Crippen LogP contribution in [0.4, 0.5) is 8.78 Å². The summed E-state index contributed by atoms with van der Waals surface area (Å²) < 4.78 is 25.1. The molecular weight excluding hydrogens is 200 g/mol. The molecule has 4 heteroatoms. The Morgan fingerprint density at radius 2 is 1.73 bits per heavy atom. The van der Waals surface area contributed by atoms with Gasteiger partial charge in [0.25, 0.3) is 6.43 Å². The first-order chi connectivity index (χ1) is 6.63. The third-order valence-corrected chi connectivity index (χ3v) is 1.99. The highest BCUT2D eigenvalue weighted by Crippen LogP contribution is 2.25. The van der Waals surface area contributed by atoms with Gasteiger partial charge in [-0.05, 0) is 34.6 Å². The molecule has 0 aromatic carbocycles. The first kappa shape index (κ1) is 13.9. The molecule has 15 heavy (non-hydrogen) atoms. The number of carbonyl (C=O) groups excluding carboxylic acids is 1. The second-order valence-electron chi connectivity index (χ2n) is 4.48. The fraction of sp³-hybridized carbons (Fsp3) is 0.727. The summed E-state index contributed by atoms with van der Waals surface area (Å²) in [6.07, 6.45) is -2.69. The van der Waals surface area contributed by atoms with Gasteiger partial charge >= 0.3 is 0 Å². The maximum absolute atomic E-state index is 12.5. The molecule has 0 bridgehead atoms. The fourth-order valence-corrected chi connectivity index (χ4v) is 0.888. The van der Waals surface area contributed by atoms with Crippen molar-refractivity contribution in [2.75, 3.05) is 0 Å². The minimum atomic E-state index is -2.69. The number of amides is 1. The van der Waals surface area contributed by atoms with Gasteiger partial charge in [-0.2, -0.15) is 0 Å². The van der Waals surface area contributed by atoms with E-state index in [-0.39, 0.29) is 0 Å². The van der Waals surface area contributed by atoms with Crippen LogP contribution in [0.25, 0.3) is 0 Å². The highest BCUT2D eigenvalue weighted by atomic mass is 19.3. The molecule has 0 fully saturated rings. The minimum Gasteiger partial charge on any atom is -0.340 e. The summed E-state index contributed by atoms with van der Waals surface area (Å²) in [6.45, 7) is 7.39. The summed E-state index contributed by atoms with van der Waals surface area (Å²) in [5, 5.41) is 2.49. The molecule has 0 aromatic heterocycles. The van der Waals surface area contributed by atoms with Crippen LogP contribution in [-0.2, 0) is 4.79 Å². The van der Waals surface area contributed by atoms with E-state index in [9.17, 15) is 13.6 Å². The first-order valence-corrected chi connectivity index (χ1v) is 4.68. The Morgan fingerprint density at radius 1 is 1.27 bits per heavy atom. The lowest BCUT2D eigenvalue weighted by Gasteiger charge is -2.28. The monoisotopic (exact) mass is 217 g/mol. The number of carbonyl (C=O) groups is 1. The van der Waals surface area contributed by atoms with Gasteiger partial charge in [0.1, 0.15) is 5.41 Å². The van der Waals surface area contributed by atoms with Gasteiger partial charge in [-0.1, -0.05) is 5.92 Å². The zero-order valence-corrected chi connectivity index (χ0v) is 9.74. The zero-order chi connectivity index (χ0) is 12.3. The predicted octanol–water partition coefficient (Wildman–Crippen LogP) is 2.20. The number of alkyl halides is 2. The second kappa shape index (κ2) is 4.61. The molecule has 2 nitrogen and oxygen atoms in total.